The fourth-order valence-electron chi connectivity index (χ4n) is 3.34. The van der Waals surface area contributed by atoms with Gasteiger partial charge in [-0.25, -0.2) is 9.78 Å². The smallest absolute Gasteiger partial charge is 0.341 e. The number of benzene rings is 1. The predicted octanol–water partition coefficient (Wildman–Crippen LogP) is 5.12. The summed E-state index contributed by atoms with van der Waals surface area (Å²) in [5, 5.41) is 10.8. The first-order valence-corrected chi connectivity index (χ1v) is 12.4. The first-order chi connectivity index (χ1) is 16.5. The lowest BCUT2D eigenvalue weighted by molar-refractivity contribution is -0.113. The van der Waals surface area contributed by atoms with E-state index >= 15 is 0 Å². The molecule has 0 atom stereocenters. The third kappa shape index (κ3) is 5.35. The summed E-state index contributed by atoms with van der Waals surface area (Å²) in [6.07, 6.45) is 3.35. The number of aromatic amines is 1. The van der Waals surface area contributed by atoms with Gasteiger partial charge in [0.2, 0.25) is 11.1 Å². The number of nitrogens with zero attached hydrogens (tertiary/aromatic N) is 3. The average molecular weight is 494 g/mol. The fourth-order valence-corrected chi connectivity index (χ4v) is 5.02. The Bertz CT molecular complexity index is 1300. The zero-order valence-electron chi connectivity index (χ0n) is 18.9. The van der Waals surface area contributed by atoms with Crippen molar-refractivity contribution in [3.05, 3.63) is 64.8 Å². The molecule has 0 unspecified atom stereocenters. The molecule has 0 radical (unpaired) electrons. The minimum atomic E-state index is -0.457. The summed E-state index contributed by atoms with van der Waals surface area (Å²) in [7, 11) is 0. The van der Waals surface area contributed by atoms with Gasteiger partial charge in [-0.2, -0.15) is 0 Å². The van der Waals surface area contributed by atoms with Crippen molar-refractivity contribution in [3.63, 3.8) is 0 Å². The van der Waals surface area contributed by atoms with Gasteiger partial charge in [0, 0.05) is 28.4 Å². The third-order valence-corrected chi connectivity index (χ3v) is 6.78. The molecule has 174 valence electrons. The van der Waals surface area contributed by atoms with E-state index in [0.717, 1.165) is 27.1 Å². The molecule has 3 aromatic heterocycles. The highest BCUT2D eigenvalue weighted by molar-refractivity contribution is 7.99. The van der Waals surface area contributed by atoms with Crippen LogP contribution in [0, 0.1) is 13.8 Å². The largest absolute Gasteiger partial charge is 0.462 e. The average Bonchev–Trinajstić information content (AvgIpc) is 3.43. The second kappa shape index (κ2) is 10.6. The topological polar surface area (TPSA) is 110 Å². The van der Waals surface area contributed by atoms with Crippen LogP contribution in [0.2, 0.25) is 0 Å². The predicted molar refractivity (Wildman–Crippen MR) is 134 cm³/mol. The molecule has 0 aliphatic rings. The Morgan fingerprint density at radius 2 is 1.82 bits per heavy atom. The van der Waals surface area contributed by atoms with Crippen LogP contribution in [-0.2, 0) is 9.53 Å². The number of pyridine rings is 1. The maximum absolute atomic E-state index is 12.8. The van der Waals surface area contributed by atoms with Crippen molar-refractivity contribution in [1.82, 2.24) is 20.2 Å². The lowest BCUT2D eigenvalue weighted by atomic mass is 10.0. The van der Waals surface area contributed by atoms with Gasteiger partial charge in [0.25, 0.3) is 0 Å². The van der Waals surface area contributed by atoms with Crippen molar-refractivity contribution in [2.45, 2.75) is 25.9 Å². The Labute approximate surface area is 205 Å². The second-order valence-corrected chi connectivity index (χ2v) is 9.53. The van der Waals surface area contributed by atoms with Gasteiger partial charge in [-0.3, -0.25) is 14.9 Å². The van der Waals surface area contributed by atoms with E-state index in [9.17, 15) is 9.59 Å². The van der Waals surface area contributed by atoms with Gasteiger partial charge >= 0.3 is 5.97 Å². The molecule has 0 saturated carbocycles. The molecule has 1 aromatic carbocycles. The van der Waals surface area contributed by atoms with Crippen molar-refractivity contribution in [3.8, 4) is 22.5 Å². The number of rotatable bonds is 8. The summed E-state index contributed by atoms with van der Waals surface area (Å²) >= 11 is 2.56. The molecule has 10 heteroatoms. The van der Waals surface area contributed by atoms with E-state index in [1.54, 1.807) is 19.3 Å². The molecule has 1 amide bonds. The standard InChI is InChI=1S/C24H23N5O3S2/c1-4-32-23(31)20-19(16-7-5-14(2)6-8-16)15(3)34-22(20)26-18(30)13-33-24-27-21(28-29-24)17-9-11-25-12-10-17/h5-12H,4,13H2,1-3H3,(H,26,30)(H,27,28,29). The molecule has 0 spiro atoms. The normalized spacial score (nSPS) is 10.8. The molecule has 0 bridgehead atoms. The number of carbonyl (C=O) groups excluding carboxylic acids is 2. The van der Waals surface area contributed by atoms with Crippen LogP contribution in [0.25, 0.3) is 22.5 Å². The quantitative estimate of drug-likeness (QED) is 0.259. The second-order valence-electron chi connectivity index (χ2n) is 7.36. The SMILES string of the molecule is CCOC(=O)c1c(NC(=O)CSc2n[nH]c(-c3ccncc3)n2)sc(C)c1-c1ccc(C)cc1. The van der Waals surface area contributed by atoms with Crippen LogP contribution in [0.4, 0.5) is 5.00 Å². The number of ether oxygens (including phenoxy) is 1. The molecule has 4 aromatic rings. The molecule has 4 rings (SSSR count). The zero-order chi connectivity index (χ0) is 24.1. The Morgan fingerprint density at radius 3 is 2.53 bits per heavy atom. The Kier molecular flexibility index (Phi) is 7.39. The van der Waals surface area contributed by atoms with Gasteiger partial charge < -0.3 is 10.1 Å². The number of amides is 1. The van der Waals surface area contributed by atoms with E-state index in [4.69, 9.17) is 4.74 Å². The molecule has 3 heterocycles. The summed E-state index contributed by atoms with van der Waals surface area (Å²) in [4.78, 5) is 34.9. The summed E-state index contributed by atoms with van der Waals surface area (Å²) in [6, 6.07) is 11.6. The molecule has 0 fully saturated rings. The van der Waals surface area contributed by atoms with Crippen LogP contribution in [0.1, 0.15) is 27.7 Å². The zero-order valence-corrected chi connectivity index (χ0v) is 20.5. The lowest BCUT2D eigenvalue weighted by Gasteiger charge is -2.09. The number of thioether (sulfide) groups is 1. The van der Waals surface area contributed by atoms with Crippen molar-refractivity contribution >= 4 is 40.0 Å². The Hall–Kier alpha value is -3.50. The van der Waals surface area contributed by atoms with Gasteiger partial charge in [0.15, 0.2) is 5.82 Å². The number of thiophene rings is 1. The van der Waals surface area contributed by atoms with Crippen molar-refractivity contribution in [2.24, 2.45) is 0 Å². The van der Waals surface area contributed by atoms with Crippen LogP contribution in [0.5, 0.6) is 0 Å². The summed E-state index contributed by atoms with van der Waals surface area (Å²) in [5.74, 6) is -0.0254. The molecule has 2 N–H and O–H groups in total. The van der Waals surface area contributed by atoms with E-state index in [-0.39, 0.29) is 18.3 Å². The number of aromatic nitrogens is 4. The first kappa shape index (κ1) is 23.7. The van der Waals surface area contributed by atoms with Gasteiger partial charge in [0.1, 0.15) is 10.6 Å². The van der Waals surface area contributed by atoms with Crippen molar-refractivity contribution in [1.29, 1.82) is 0 Å². The highest BCUT2D eigenvalue weighted by Crippen LogP contribution is 2.40. The maximum atomic E-state index is 12.8. The molecule has 0 saturated heterocycles. The van der Waals surface area contributed by atoms with Crippen LogP contribution in [-0.4, -0.2) is 44.4 Å². The number of anilines is 1. The number of H-pyrrole nitrogens is 1. The number of aryl methyl sites for hydroxylation is 2. The molecule has 0 aliphatic carbocycles. The molecule has 0 aliphatic heterocycles. The van der Waals surface area contributed by atoms with Crippen molar-refractivity contribution < 1.29 is 14.3 Å². The van der Waals surface area contributed by atoms with Gasteiger partial charge in [-0.1, -0.05) is 41.6 Å². The molecular formula is C24H23N5O3S2. The van der Waals surface area contributed by atoms with Gasteiger partial charge in [-0.05, 0) is 38.5 Å². The van der Waals surface area contributed by atoms with E-state index in [1.807, 2.05) is 50.2 Å². The van der Waals surface area contributed by atoms with E-state index < -0.39 is 5.97 Å². The number of hydrogen-bond acceptors (Lipinski definition) is 8. The van der Waals surface area contributed by atoms with Crippen LogP contribution in [0.3, 0.4) is 0 Å². The number of carbonyl (C=O) groups is 2. The van der Waals surface area contributed by atoms with E-state index in [0.29, 0.717) is 21.5 Å². The Morgan fingerprint density at radius 1 is 1.09 bits per heavy atom. The van der Waals surface area contributed by atoms with E-state index in [2.05, 4.69) is 25.5 Å². The number of hydrogen-bond donors (Lipinski definition) is 2. The van der Waals surface area contributed by atoms with Gasteiger partial charge in [-0.15, -0.1) is 16.4 Å². The minimum Gasteiger partial charge on any atom is -0.462 e. The highest BCUT2D eigenvalue weighted by Gasteiger charge is 2.25. The first-order valence-electron chi connectivity index (χ1n) is 10.6. The fraction of sp³-hybridized carbons (Fsp3) is 0.208. The monoisotopic (exact) mass is 493 g/mol. The summed E-state index contributed by atoms with van der Waals surface area (Å²) in [6.45, 7) is 5.94. The highest BCUT2D eigenvalue weighted by atomic mass is 32.2. The number of nitrogens with one attached hydrogen (secondary N) is 2. The molecule has 34 heavy (non-hydrogen) atoms. The van der Waals surface area contributed by atoms with Crippen LogP contribution in [0.15, 0.2) is 53.9 Å². The van der Waals surface area contributed by atoms with Gasteiger partial charge in [0.05, 0.1) is 12.4 Å². The summed E-state index contributed by atoms with van der Waals surface area (Å²) in [5.41, 5.74) is 4.04. The molecule has 8 nitrogen and oxygen atoms in total. The maximum Gasteiger partial charge on any atom is 0.341 e. The van der Waals surface area contributed by atoms with Crippen molar-refractivity contribution in [2.75, 3.05) is 17.7 Å². The summed E-state index contributed by atoms with van der Waals surface area (Å²) < 4.78 is 5.31. The third-order valence-electron chi connectivity index (χ3n) is 4.91. The van der Waals surface area contributed by atoms with Crippen LogP contribution < -0.4 is 5.32 Å². The van der Waals surface area contributed by atoms with E-state index in [1.165, 1.54) is 23.1 Å². The molecular weight excluding hydrogens is 470 g/mol. The number of esters is 1. The lowest BCUT2D eigenvalue weighted by Crippen LogP contribution is -2.16. The van der Waals surface area contributed by atoms with Crippen LogP contribution >= 0.6 is 23.1 Å². The minimum absolute atomic E-state index is 0.0900. The Balaban J connectivity index is 1.51.